The fourth-order valence-electron chi connectivity index (χ4n) is 4.44. The van der Waals surface area contributed by atoms with Crippen molar-refractivity contribution >= 4 is 44.4 Å². The Labute approximate surface area is 215 Å². The molecule has 3 aromatic carbocycles. The number of fused-ring (bicyclic) bond motifs is 2. The summed E-state index contributed by atoms with van der Waals surface area (Å²) in [5, 5.41) is 0.932. The summed E-state index contributed by atoms with van der Waals surface area (Å²) in [4.78, 5) is 29.0. The fraction of sp³-hybridized carbons (Fsp3) is 0.185. The molecule has 0 fully saturated rings. The van der Waals surface area contributed by atoms with E-state index in [9.17, 15) is 9.59 Å². The highest BCUT2D eigenvalue weighted by Gasteiger charge is 2.43. The van der Waals surface area contributed by atoms with Gasteiger partial charge in [-0.15, -0.1) is 0 Å². The average Bonchev–Trinajstić information content (AvgIpc) is 3.13. The van der Waals surface area contributed by atoms with Gasteiger partial charge in [0.2, 0.25) is 5.76 Å². The molecule has 0 aliphatic carbocycles. The van der Waals surface area contributed by atoms with Gasteiger partial charge in [0.1, 0.15) is 5.58 Å². The van der Waals surface area contributed by atoms with Crippen LogP contribution in [0.3, 0.4) is 0 Å². The summed E-state index contributed by atoms with van der Waals surface area (Å²) < 4.78 is 18.0. The molecule has 0 spiro atoms. The fourth-order valence-corrected chi connectivity index (χ4v) is 5.00. The van der Waals surface area contributed by atoms with Crippen LogP contribution >= 0.6 is 27.5 Å². The van der Waals surface area contributed by atoms with E-state index >= 15 is 0 Å². The summed E-state index contributed by atoms with van der Waals surface area (Å²) in [7, 11) is 1.55. The zero-order chi connectivity index (χ0) is 24.7. The van der Waals surface area contributed by atoms with E-state index in [0.717, 1.165) is 10.0 Å². The van der Waals surface area contributed by atoms with Gasteiger partial charge in [-0.1, -0.05) is 51.8 Å². The topological polar surface area (TPSA) is 69.0 Å². The molecule has 0 N–H and O–H groups in total. The molecule has 1 aliphatic heterocycles. The number of amides is 1. The van der Waals surface area contributed by atoms with Gasteiger partial charge in [-0.2, -0.15) is 0 Å². The Bertz CT molecular complexity index is 1520. The molecule has 1 amide bonds. The lowest BCUT2D eigenvalue weighted by Gasteiger charge is -2.26. The van der Waals surface area contributed by atoms with Crippen molar-refractivity contribution in [3.05, 3.63) is 103 Å². The Morgan fingerprint density at radius 2 is 1.86 bits per heavy atom. The zero-order valence-corrected chi connectivity index (χ0v) is 21.4. The highest BCUT2D eigenvalue weighted by atomic mass is 79.9. The van der Waals surface area contributed by atoms with Crippen LogP contribution in [-0.2, 0) is 6.54 Å². The number of nitrogens with zero attached hydrogens (tertiary/aromatic N) is 1. The van der Waals surface area contributed by atoms with E-state index in [0.29, 0.717) is 45.2 Å². The molecule has 8 heteroatoms. The molecule has 4 aromatic rings. The van der Waals surface area contributed by atoms with Gasteiger partial charge in [-0.05, 0) is 54.4 Å². The number of carbonyl (C=O) groups is 1. The van der Waals surface area contributed by atoms with Gasteiger partial charge in [-0.25, -0.2) is 0 Å². The second-order valence-electron chi connectivity index (χ2n) is 8.08. The number of carbonyl (C=O) groups excluding carboxylic acids is 1. The van der Waals surface area contributed by atoms with Crippen LogP contribution < -0.4 is 14.9 Å². The molecule has 5 rings (SSSR count). The predicted octanol–water partition coefficient (Wildman–Crippen LogP) is 6.36. The number of methoxy groups -OCH3 is 1. The molecule has 6 nitrogen and oxygen atoms in total. The van der Waals surface area contributed by atoms with Gasteiger partial charge >= 0.3 is 0 Å². The number of ether oxygens (including phenoxy) is 2. The maximum absolute atomic E-state index is 13.7. The molecule has 0 saturated heterocycles. The van der Waals surface area contributed by atoms with E-state index in [-0.39, 0.29) is 23.6 Å². The minimum atomic E-state index is -0.696. The van der Waals surface area contributed by atoms with Crippen LogP contribution in [-0.4, -0.2) is 24.5 Å². The van der Waals surface area contributed by atoms with Crippen molar-refractivity contribution in [3.8, 4) is 11.5 Å². The molecule has 1 unspecified atom stereocenters. The number of benzene rings is 3. The molecule has 0 saturated carbocycles. The molecular formula is C27H21BrClNO5. The van der Waals surface area contributed by atoms with E-state index in [4.69, 9.17) is 25.5 Å². The van der Waals surface area contributed by atoms with E-state index in [1.165, 1.54) is 0 Å². The highest BCUT2D eigenvalue weighted by molar-refractivity contribution is 9.10. The van der Waals surface area contributed by atoms with E-state index in [2.05, 4.69) is 15.9 Å². The Balaban J connectivity index is 1.73. The quantitative estimate of drug-likeness (QED) is 0.277. The lowest BCUT2D eigenvalue weighted by Crippen LogP contribution is -2.29. The first-order valence-corrected chi connectivity index (χ1v) is 12.2. The summed E-state index contributed by atoms with van der Waals surface area (Å²) in [6.07, 6.45) is 0. The third-order valence-corrected chi connectivity index (χ3v) is 6.89. The van der Waals surface area contributed by atoms with Gasteiger partial charge in [-0.3, -0.25) is 9.59 Å². The summed E-state index contributed by atoms with van der Waals surface area (Å²) >= 11 is 9.85. The van der Waals surface area contributed by atoms with Crippen LogP contribution in [0.15, 0.2) is 74.3 Å². The number of halogens is 2. The number of hydrogen-bond acceptors (Lipinski definition) is 5. The first kappa shape index (κ1) is 23.5. The van der Waals surface area contributed by atoms with Crippen LogP contribution in [0.25, 0.3) is 11.0 Å². The number of hydrogen-bond donors (Lipinski definition) is 0. The lowest BCUT2D eigenvalue weighted by molar-refractivity contribution is 0.0714. The molecule has 0 bridgehead atoms. The van der Waals surface area contributed by atoms with Gasteiger partial charge in [0.05, 0.1) is 30.7 Å². The maximum atomic E-state index is 13.7. The second kappa shape index (κ2) is 9.40. The van der Waals surface area contributed by atoms with E-state index in [1.807, 2.05) is 31.2 Å². The average molecular weight is 555 g/mol. The molecule has 0 radical (unpaired) electrons. The van der Waals surface area contributed by atoms with Gasteiger partial charge < -0.3 is 18.8 Å². The van der Waals surface area contributed by atoms with Crippen LogP contribution in [0.1, 0.15) is 40.2 Å². The summed E-state index contributed by atoms with van der Waals surface area (Å²) in [6, 6.07) is 17.2. The molecule has 2 heterocycles. The van der Waals surface area contributed by atoms with Gasteiger partial charge in [0.15, 0.2) is 16.9 Å². The smallest absolute Gasteiger partial charge is 0.291 e. The first-order valence-electron chi connectivity index (χ1n) is 11.0. The third-order valence-electron chi connectivity index (χ3n) is 6.03. The Kier molecular flexibility index (Phi) is 6.30. The van der Waals surface area contributed by atoms with Crippen LogP contribution in [0.5, 0.6) is 11.5 Å². The van der Waals surface area contributed by atoms with E-state index < -0.39 is 6.04 Å². The Hall–Kier alpha value is -3.29. The predicted molar refractivity (Wildman–Crippen MR) is 138 cm³/mol. The number of rotatable bonds is 6. The van der Waals surface area contributed by atoms with Gasteiger partial charge in [0, 0.05) is 16.0 Å². The third kappa shape index (κ3) is 4.09. The highest BCUT2D eigenvalue weighted by Crippen LogP contribution is 2.42. The molecular weight excluding hydrogens is 534 g/mol. The monoisotopic (exact) mass is 553 g/mol. The minimum absolute atomic E-state index is 0.0368. The van der Waals surface area contributed by atoms with Crippen LogP contribution in [0.4, 0.5) is 0 Å². The van der Waals surface area contributed by atoms with Crippen molar-refractivity contribution in [2.24, 2.45) is 0 Å². The van der Waals surface area contributed by atoms with Crippen molar-refractivity contribution in [1.82, 2.24) is 4.90 Å². The summed E-state index contributed by atoms with van der Waals surface area (Å²) in [5.41, 5.74) is 1.85. The Morgan fingerprint density at radius 1 is 1.06 bits per heavy atom. The molecule has 1 aromatic heterocycles. The van der Waals surface area contributed by atoms with E-state index in [1.54, 1.807) is 48.4 Å². The summed E-state index contributed by atoms with van der Waals surface area (Å²) in [5.74, 6) is 0.751. The molecule has 178 valence electrons. The van der Waals surface area contributed by atoms with Gasteiger partial charge in [0.25, 0.3) is 5.91 Å². The van der Waals surface area contributed by atoms with Crippen LogP contribution in [0, 0.1) is 0 Å². The minimum Gasteiger partial charge on any atom is -0.493 e. The SMILES string of the molecule is CCOc1ccc(C2c3c(oc4ccc(Br)cc4c3=O)C(=O)N2Cc2ccccc2Cl)cc1OC. The van der Waals surface area contributed by atoms with Crippen molar-refractivity contribution < 1.29 is 18.7 Å². The largest absolute Gasteiger partial charge is 0.493 e. The van der Waals surface area contributed by atoms with Crippen LogP contribution in [0.2, 0.25) is 5.02 Å². The maximum Gasteiger partial charge on any atom is 0.291 e. The van der Waals surface area contributed by atoms with Crippen molar-refractivity contribution in [2.45, 2.75) is 19.5 Å². The summed E-state index contributed by atoms with van der Waals surface area (Å²) in [6.45, 7) is 2.56. The lowest BCUT2D eigenvalue weighted by atomic mass is 9.97. The second-order valence-corrected chi connectivity index (χ2v) is 9.41. The molecule has 1 atom stereocenters. The van der Waals surface area contributed by atoms with Crippen molar-refractivity contribution in [1.29, 1.82) is 0 Å². The first-order chi connectivity index (χ1) is 16.9. The molecule has 35 heavy (non-hydrogen) atoms. The normalized spacial score (nSPS) is 14.9. The zero-order valence-electron chi connectivity index (χ0n) is 19.0. The standard InChI is InChI=1S/C27H21BrClNO5/c1-3-34-21-10-8-15(12-22(21)33-2)24-23-25(31)18-13-17(28)9-11-20(18)35-26(23)27(32)30(24)14-16-6-4-5-7-19(16)29/h4-13,24H,3,14H2,1-2H3. The molecule has 1 aliphatic rings. The van der Waals surface area contributed by atoms with Crippen molar-refractivity contribution in [2.75, 3.05) is 13.7 Å². The Morgan fingerprint density at radius 3 is 2.60 bits per heavy atom. The van der Waals surface area contributed by atoms with Crippen molar-refractivity contribution in [3.63, 3.8) is 0 Å².